The van der Waals surface area contributed by atoms with E-state index in [-0.39, 0.29) is 5.82 Å². The lowest BCUT2D eigenvalue weighted by Crippen LogP contribution is -2.35. The summed E-state index contributed by atoms with van der Waals surface area (Å²) in [4.78, 5) is 1.83. The first-order chi connectivity index (χ1) is 13.5. The highest BCUT2D eigenvalue weighted by Crippen LogP contribution is 2.39. The number of hydrogen-bond donors (Lipinski definition) is 1. The number of halogens is 1. The average molecular weight is 404 g/mol. The molecule has 0 radical (unpaired) electrons. The lowest BCUT2D eigenvalue weighted by atomic mass is 9.86. The molecule has 1 aliphatic heterocycles. The van der Waals surface area contributed by atoms with Crippen molar-refractivity contribution in [2.75, 3.05) is 20.3 Å². The van der Waals surface area contributed by atoms with Crippen molar-refractivity contribution in [1.82, 2.24) is 0 Å². The summed E-state index contributed by atoms with van der Waals surface area (Å²) in [6.07, 6.45) is 2.08. The van der Waals surface area contributed by atoms with E-state index in [2.05, 4.69) is 5.16 Å². The monoisotopic (exact) mass is 403 g/mol. The molecule has 0 aliphatic carbocycles. The first-order valence-corrected chi connectivity index (χ1v) is 10.3. The maximum atomic E-state index is 14.4. The van der Waals surface area contributed by atoms with Gasteiger partial charge in [-0.25, -0.2) is 4.39 Å². The van der Waals surface area contributed by atoms with Crippen LogP contribution in [0.3, 0.4) is 0 Å². The highest BCUT2D eigenvalue weighted by molar-refractivity contribution is 7.99. The third kappa shape index (κ3) is 4.40. The van der Waals surface area contributed by atoms with Crippen LogP contribution in [-0.4, -0.2) is 31.2 Å². The number of aryl methyl sites for hydroxylation is 1. The largest absolute Gasteiger partial charge is 0.411 e. The number of ether oxygens (including phenoxy) is 2. The molecule has 1 aliphatic rings. The minimum atomic E-state index is -0.497. The number of hydrogen-bond acceptors (Lipinski definition) is 5. The van der Waals surface area contributed by atoms with Gasteiger partial charge in [-0.05, 0) is 54.8 Å². The fraction of sp³-hybridized carbons (Fsp3) is 0.409. The Bertz CT molecular complexity index is 863. The van der Waals surface area contributed by atoms with Crippen LogP contribution in [0.25, 0.3) is 0 Å². The van der Waals surface area contributed by atoms with Crippen LogP contribution in [0.5, 0.6) is 0 Å². The van der Waals surface area contributed by atoms with Crippen molar-refractivity contribution in [3.05, 3.63) is 58.9 Å². The second-order valence-electron chi connectivity index (χ2n) is 6.97. The molecule has 2 aromatic rings. The van der Waals surface area contributed by atoms with Gasteiger partial charge in [0.25, 0.3) is 0 Å². The van der Waals surface area contributed by atoms with Crippen molar-refractivity contribution in [2.24, 2.45) is 5.16 Å². The lowest BCUT2D eigenvalue weighted by Gasteiger charge is -2.36. The Morgan fingerprint density at radius 2 is 1.96 bits per heavy atom. The van der Waals surface area contributed by atoms with Gasteiger partial charge in [0, 0.05) is 48.5 Å². The molecule has 1 saturated heterocycles. The Morgan fingerprint density at radius 3 is 2.57 bits per heavy atom. The van der Waals surface area contributed by atoms with Crippen molar-refractivity contribution in [1.29, 1.82) is 0 Å². The van der Waals surface area contributed by atoms with Gasteiger partial charge in [-0.3, -0.25) is 0 Å². The molecule has 0 atom stereocenters. The topological polar surface area (TPSA) is 51.1 Å². The SMILES string of the molecule is CCC(=NO)c1ccc(Sc2cc(F)cc(C3(OC)CCOCC3)c2)cc1C. The quantitative estimate of drug-likeness (QED) is 0.392. The Labute approximate surface area is 169 Å². The first-order valence-electron chi connectivity index (χ1n) is 9.45. The van der Waals surface area contributed by atoms with Crippen LogP contribution in [-0.2, 0) is 15.1 Å². The summed E-state index contributed by atoms with van der Waals surface area (Å²) in [5.41, 5.74) is 2.96. The van der Waals surface area contributed by atoms with Gasteiger partial charge in [-0.15, -0.1) is 0 Å². The molecule has 150 valence electrons. The molecule has 3 rings (SSSR count). The van der Waals surface area contributed by atoms with Crippen LogP contribution in [0, 0.1) is 12.7 Å². The third-order valence-electron chi connectivity index (χ3n) is 5.29. The van der Waals surface area contributed by atoms with Crippen molar-refractivity contribution >= 4 is 17.5 Å². The Kier molecular flexibility index (Phi) is 6.75. The maximum absolute atomic E-state index is 14.4. The fourth-order valence-electron chi connectivity index (χ4n) is 3.67. The summed E-state index contributed by atoms with van der Waals surface area (Å²) < 4.78 is 25.7. The van der Waals surface area contributed by atoms with Gasteiger partial charge in [0.2, 0.25) is 0 Å². The third-order valence-corrected chi connectivity index (χ3v) is 6.25. The zero-order valence-corrected chi connectivity index (χ0v) is 17.3. The summed E-state index contributed by atoms with van der Waals surface area (Å²) in [5, 5.41) is 12.5. The van der Waals surface area contributed by atoms with Crippen molar-refractivity contribution in [3.8, 4) is 0 Å². The van der Waals surface area contributed by atoms with Crippen LogP contribution in [0.1, 0.15) is 42.9 Å². The van der Waals surface area contributed by atoms with E-state index >= 15 is 0 Å². The predicted octanol–water partition coefficient (Wildman–Crippen LogP) is 5.53. The van der Waals surface area contributed by atoms with E-state index in [1.807, 2.05) is 38.1 Å². The Balaban J connectivity index is 1.89. The molecule has 28 heavy (non-hydrogen) atoms. The normalized spacial score (nSPS) is 16.9. The van der Waals surface area contributed by atoms with Crippen molar-refractivity contribution < 1.29 is 19.1 Å². The van der Waals surface area contributed by atoms with Crippen LogP contribution in [0.2, 0.25) is 0 Å². The van der Waals surface area contributed by atoms with Gasteiger partial charge in [0.15, 0.2) is 0 Å². The highest BCUT2D eigenvalue weighted by atomic mass is 32.2. The zero-order valence-electron chi connectivity index (χ0n) is 16.5. The summed E-state index contributed by atoms with van der Waals surface area (Å²) in [6.45, 7) is 5.16. The Morgan fingerprint density at radius 1 is 1.21 bits per heavy atom. The molecule has 6 heteroatoms. The minimum Gasteiger partial charge on any atom is -0.411 e. The zero-order chi connectivity index (χ0) is 20.1. The minimum absolute atomic E-state index is 0.267. The van der Waals surface area contributed by atoms with Gasteiger partial charge in [-0.1, -0.05) is 29.9 Å². The van der Waals surface area contributed by atoms with E-state index < -0.39 is 5.60 Å². The van der Waals surface area contributed by atoms with Crippen LogP contribution in [0.4, 0.5) is 4.39 Å². The molecule has 1 heterocycles. The summed E-state index contributed by atoms with van der Waals surface area (Å²) in [6, 6.07) is 11.1. The molecule has 0 spiro atoms. The average Bonchev–Trinajstić information content (AvgIpc) is 2.70. The number of nitrogens with zero attached hydrogens (tertiary/aromatic N) is 1. The molecule has 0 bridgehead atoms. The molecule has 1 N–H and O–H groups in total. The number of rotatable bonds is 6. The molecular formula is C22H26FNO3S. The standard InChI is InChI=1S/C22H26FNO3S/c1-4-21(24-25)20-6-5-18(11-15(20)2)28-19-13-16(12-17(23)14-19)22(26-3)7-9-27-10-8-22/h5-6,11-14,25H,4,7-10H2,1-3H3. The van der Waals surface area contributed by atoms with Crippen LogP contribution < -0.4 is 0 Å². The predicted molar refractivity (Wildman–Crippen MR) is 109 cm³/mol. The van der Waals surface area contributed by atoms with E-state index in [1.54, 1.807) is 19.2 Å². The van der Waals surface area contributed by atoms with Gasteiger partial charge < -0.3 is 14.7 Å². The molecule has 0 aromatic heterocycles. The Hall–Kier alpha value is -1.89. The van der Waals surface area contributed by atoms with E-state index in [0.29, 0.717) is 38.2 Å². The van der Waals surface area contributed by atoms with Gasteiger partial charge in [0.1, 0.15) is 5.82 Å². The van der Waals surface area contributed by atoms with Crippen LogP contribution >= 0.6 is 11.8 Å². The maximum Gasteiger partial charge on any atom is 0.124 e. The summed E-state index contributed by atoms with van der Waals surface area (Å²) in [7, 11) is 1.68. The second-order valence-corrected chi connectivity index (χ2v) is 8.11. The molecule has 0 amide bonds. The summed E-state index contributed by atoms with van der Waals surface area (Å²) >= 11 is 1.51. The van der Waals surface area contributed by atoms with Crippen LogP contribution in [0.15, 0.2) is 51.3 Å². The van der Waals surface area contributed by atoms with E-state index in [0.717, 1.165) is 26.5 Å². The van der Waals surface area contributed by atoms with Gasteiger partial charge in [0.05, 0.1) is 11.3 Å². The fourth-order valence-corrected chi connectivity index (χ4v) is 4.67. The van der Waals surface area contributed by atoms with Gasteiger partial charge >= 0.3 is 0 Å². The molecule has 0 saturated carbocycles. The van der Waals surface area contributed by atoms with E-state index in [4.69, 9.17) is 14.7 Å². The van der Waals surface area contributed by atoms with E-state index in [1.165, 1.54) is 11.8 Å². The molecule has 2 aromatic carbocycles. The van der Waals surface area contributed by atoms with Gasteiger partial charge in [-0.2, -0.15) is 0 Å². The molecule has 4 nitrogen and oxygen atoms in total. The molecular weight excluding hydrogens is 377 g/mol. The number of benzene rings is 2. The molecule has 0 unspecified atom stereocenters. The lowest BCUT2D eigenvalue weighted by molar-refractivity contribution is -0.0950. The first kappa shape index (κ1) is 20.8. The second kappa shape index (κ2) is 9.07. The number of oxime groups is 1. The van der Waals surface area contributed by atoms with Crippen molar-refractivity contribution in [2.45, 2.75) is 48.5 Å². The van der Waals surface area contributed by atoms with E-state index in [9.17, 15) is 4.39 Å². The smallest absolute Gasteiger partial charge is 0.124 e. The number of methoxy groups -OCH3 is 1. The summed E-state index contributed by atoms with van der Waals surface area (Å²) in [5.74, 6) is -0.267. The molecule has 1 fully saturated rings. The highest BCUT2D eigenvalue weighted by Gasteiger charge is 2.35. The van der Waals surface area contributed by atoms with Crippen molar-refractivity contribution in [3.63, 3.8) is 0 Å².